The molecular weight excluding hydrogens is 270 g/mol. The number of carboxylic acids is 1. The molecule has 110 valence electrons. The second kappa shape index (κ2) is 6.69. The van der Waals surface area contributed by atoms with E-state index in [9.17, 15) is 9.59 Å². The number of carboxylic acid groups (broad SMARTS) is 1. The Hall–Kier alpha value is -2.63. The highest BCUT2D eigenvalue weighted by Crippen LogP contribution is 2.09. The lowest BCUT2D eigenvalue weighted by Crippen LogP contribution is -2.28. The maximum absolute atomic E-state index is 11.9. The molecule has 0 fully saturated rings. The van der Waals surface area contributed by atoms with Crippen molar-refractivity contribution in [3.05, 3.63) is 53.6 Å². The van der Waals surface area contributed by atoms with Gasteiger partial charge in [-0.3, -0.25) is 4.79 Å². The van der Waals surface area contributed by atoms with Crippen LogP contribution < -0.4 is 5.32 Å². The van der Waals surface area contributed by atoms with Gasteiger partial charge >= 0.3 is 5.97 Å². The standard InChI is InChI=1S/C15H17N3O3/c1-18-9-8-16-13(18)6-7-17-14(19)10-11-4-2-3-5-12(11)15(20)21/h2-5,8-9H,6-7,10H2,1H3,(H,17,19)(H,20,21). The number of hydrogen-bond donors (Lipinski definition) is 2. The molecule has 0 spiro atoms. The van der Waals surface area contributed by atoms with E-state index in [0.717, 1.165) is 5.82 Å². The zero-order valence-corrected chi connectivity index (χ0v) is 11.7. The summed E-state index contributed by atoms with van der Waals surface area (Å²) in [5.74, 6) is -0.328. The largest absolute Gasteiger partial charge is 0.478 e. The number of rotatable bonds is 6. The first kappa shape index (κ1) is 14.8. The highest BCUT2D eigenvalue weighted by Gasteiger charge is 2.12. The minimum Gasteiger partial charge on any atom is -0.478 e. The molecule has 2 rings (SSSR count). The van der Waals surface area contributed by atoms with Crippen molar-refractivity contribution in [2.24, 2.45) is 7.05 Å². The average Bonchev–Trinajstić information content (AvgIpc) is 2.85. The molecule has 6 nitrogen and oxygen atoms in total. The summed E-state index contributed by atoms with van der Waals surface area (Å²) in [4.78, 5) is 27.1. The average molecular weight is 287 g/mol. The molecule has 2 aromatic rings. The number of carbonyl (C=O) groups excluding carboxylic acids is 1. The van der Waals surface area contributed by atoms with E-state index in [1.807, 2.05) is 17.8 Å². The fourth-order valence-electron chi connectivity index (χ4n) is 2.07. The van der Waals surface area contributed by atoms with Gasteiger partial charge in [-0.2, -0.15) is 0 Å². The van der Waals surface area contributed by atoms with Gasteiger partial charge < -0.3 is 15.0 Å². The number of imidazole rings is 1. The molecule has 6 heteroatoms. The fourth-order valence-corrected chi connectivity index (χ4v) is 2.07. The molecule has 0 aliphatic heterocycles. The number of carbonyl (C=O) groups is 2. The van der Waals surface area contributed by atoms with Gasteiger partial charge in [0.25, 0.3) is 0 Å². The predicted molar refractivity (Wildman–Crippen MR) is 77.0 cm³/mol. The summed E-state index contributed by atoms with van der Waals surface area (Å²) in [6.07, 6.45) is 4.25. The van der Waals surface area contributed by atoms with Gasteiger partial charge in [-0.05, 0) is 11.6 Å². The summed E-state index contributed by atoms with van der Waals surface area (Å²) < 4.78 is 1.89. The van der Waals surface area contributed by atoms with Crippen LogP contribution in [0.2, 0.25) is 0 Å². The van der Waals surface area contributed by atoms with Crippen LogP contribution in [0, 0.1) is 0 Å². The molecule has 1 heterocycles. The van der Waals surface area contributed by atoms with Gasteiger partial charge in [-0.15, -0.1) is 0 Å². The number of aryl methyl sites for hydroxylation is 1. The lowest BCUT2D eigenvalue weighted by Gasteiger charge is -2.07. The molecule has 0 bridgehead atoms. The Bertz CT molecular complexity index is 649. The van der Waals surface area contributed by atoms with Crippen molar-refractivity contribution in [2.45, 2.75) is 12.8 Å². The molecule has 0 aliphatic carbocycles. The van der Waals surface area contributed by atoms with Crippen LogP contribution in [0.5, 0.6) is 0 Å². The molecule has 0 saturated heterocycles. The van der Waals surface area contributed by atoms with Crippen molar-refractivity contribution in [1.29, 1.82) is 0 Å². The molecule has 0 saturated carbocycles. The molecule has 0 radical (unpaired) electrons. The van der Waals surface area contributed by atoms with Gasteiger partial charge in [0.1, 0.15) is 5.82 Å². The van der Waals surface area contributed by atoms with Gasteiger partial charge in [0, 0.05) is 32.4 Å². The predicted octanol–water partition coefficient (Wildman–Crippen LogP) is 1.02. The molecule has 1 aromatic heterocycles. The summed E-state index contributed by atoms with van der Waals surface area (Å²) in [5, 5.41) is 11.8. The Morgan fingerprint density at radius 1 is 1.33 bits per heavy atom. The van der Waals surface area contributed by atoms with Crippen molar-refractivity contribution in [3.8, 4) is 0 Å². The van der Waals surface area contributed by atoms with E-state index in [1.54, 1.807) is 24.4 Å². The van der Waals surface area contributed by atoms with Crippen LogP contribution in [0.1, 0.15) is 21.7 Å². The second-order valence-electron chi connectivity index (χ2n) is 4.69. The van der Waals surface area contributed by atoms with Crippen molar-refractivity contribution in [3.63, 3.8) is 0 Å². The smallest absolute Gasteiger partial charge is 0.335 e. The molecule has 1 amide bonds. The Kier molecular flexibility index (Phi) is 4.71. The quantitative estimate of drug-likeness (QED) is 0.830. The van der Waals surface area contributed by atoms with Crippen LogP contribution in [0.15, 0.2) is 36.7 Å². The first-order valence-electron chi connectivity index (χ1n) is 6.62. The maximum atomic E-state index is 11.9. The van der Waals surface area contributed by atoms with Crippen LogP contribution in [0.25, 0.3) is 0 Å². The summed E-state index contributed by atoms with van der Waals surface area (Å²) in [7, 11) is 1.90. The minimum absolute atomic E-state index is 0.0586. The minimum atomic E-state index is -1.02. The topological polar surface area (TPSA) is 84.2 Å². The SMILES string of the molecule is Cn1ccnc1CCNC(=O)Cc1ccccc1C(=O)O. The zero-order valence-electron chi connectivity index (χ0n) is 11.7. The van der Waals surface area contributed by atoms with E-state index in [1.165, 1.54) is 6.07 Å². The Morgan fingerprint density at radius 3 is 2.76 bits per heavy atom. The highest BCUT2D eigenvalue weighted by atomic mass is 16.4. The van der Waals surface area contributed by atoms with E-state index in [2.05, 4.69) is 10.3 Å². The molecule has 0 aliphatic rings. The number of hydrogen-bond acceptors (Lipinski definition) is 3. The number of nitrogens with zero attached hydrogens (tertiary/aromatic N) is 2. The van der Waals surface area contributed by atoms with E-state index >= 15 is 0 Å². The van der Waals surface area contributed by atoms with Gasteiger partial charge in [0.05, 0.1) is 12.0 Å². The number of amides is 1. The van der Waals surface area contributed by atoms with Crippen LogP contribution in [-0.2, 0) is 24.7 Å². The van der Waals surface area contributed by atoms with Gasteiger partial charge in [0.2, 0.25) is 5.91 Å². The Balaban J connectivity index is 1.88. The first-order chi connectivity index (χ1) is 10.1. The van der Waals surface area contributed by atoms with Crippen molar-refractivity contribution in [2.75, 3.05) is 6.54 Å². The van der Waals surface area contributed by atoms with E-state index in [0.29, 0.717) is 18.5 Å². The summed E-state index contributed by atoms with van der Waals surface area (Å²) in [5.41, 5.74) is 0.677. The Labute approximate surface area is 122 Å². The molecule has 0 unspecified atom stereocenters. The van der Waals surface area contributed by atoms with Gasteiger partial charge in [0.15, 0.2) is 0 Å². The number of nitrogens with one attached hydrogen (secondary N) is 1. The van der Waals surface area contributed by atoms with Crippen LogP contribution in [0.3, 0.4) is 0 Å². The second-order valence-corrected chi connectivity index (χ2v) is 4.69. The molecule has 2 N–H and O–H groups in total. The van der Waals surface area contributed by atoms with Crippen molar-refractivity contribution < 1.29 is 14.7 Å². The monoisotopic (exact) mass is 287 g/mol. The molecule has 0 atom stereocenters. The zero-order chi connectivity index (χ0) is 15.2. The highest BCUT2D eigenvalue weighted by molar-refractivity contribution is 5.91. The summed E-state index contributed by atoms with van der Waals surface area (Å²) >= 11 is 0. The third-order valence-corrected chi connectivity index (χ3v) is 3.19. The maximum Gasteiger partial charge on any atom is 0.335 e. The third-order valence-electron chi connectivity index (χ3n) is 3.19. The van der Waals surface area contributed by atoms with Gasteiger partial charge in [-0.1, -0.05) is 18.2 Å². The number of benzene rings is 1. The first-order valence-corrected chi connectivity index (χ1v) is 6.62. The van der Waals surface area contributed by atoms with Crippen LogP contribution in [-0.4, -0.2) is 33.1 Å². The van der Waals surface area contributed by atoms with E-state index < -0.39 is 5.97 Å². The molecular formula is C15H17N3O3. The molecule has 21 heavy (non-hydrogen) atoms. The summed E-state index contributed by atoms with van der Waals surface area (Å²) in [6, 6.07) is 6.52. The Morgan fingerprint density at radius 2 is 2.10 bits per heavy atom. The number of aromatic nitrogens is 2. The van der Waals surface area contributed by atoms with Crippen molar-refractivity contribution in [1.82, 2.24) is 14.9 Å². The van der Waals surface area contributed by atoms with Crippen LogP contribution in [0.4, 0.5) is 0 Å². The lowest BCUT2D eigenvalue weighted by atomic mass is 10.0. The van der Waals surface area contributed by atoms with E-state index in [4.69, 9.17) is 5.11 Å². The lowest BCUT2D eigenvalue weighted by molar-refractivity contribution is -0.120. The van der Waals surface area contributed by atoms with Crippen LogP contribution >= 0.6 is 0 Å². The van der Waals surface area contributed by atoms with Crippen molar-refractivity contribution >= 4 is 11.9 Å². The molecule has 1 aromatic carbocycles. The normalized spacial score (nSPS) is 10.3. The number of aromatic carboxylic acids is 1. The summed E-state index contributed by atoms with van der Waals surface area (Å²) in [6.45, 7) is 0.471. The van der Waals surface area contributed by atoms with Gasteiger partial charge in [-0.25, -0.2) is 9.78 Å². The third kappa shape index (κ3) is 3.92. The van der Waals surface area contributed by atoms with E-state index in [-0.39, 0.29) is 17.9 Å². The fraction of sp³-hybridized carbons (Fsp3) is 0.267.